The van der Waals surface area contributed by atoms with Gasteiger partial charge in [0.2, 0.25) is 5.91 Å². The van der Waals surface area contributed by atoms with E-state index in [1.807, 2.05) is 31.2 Å². The van der Waals surface area contributed by atoms with Gasteiger partial charge in [0.15, 0.2) is 5.96 Å². The van der Waals surface area contributed by atoms with Gasteiger partial charge < -0.3 is 16.4 Å². The van der Waals surface area contributed by atoms with E-state index in [-0.39, 0.29) is 12.3 Å². The summed E-state index contributed by atoms with van der Waals surface area (Å²) in [7, 11) is 0. The number of aliphatic imine (C=N–C) groups is 1. The van der Waals surface area contributed by atoms with Gasteiger partial charge in [-0.3, -0.25) is 9.79 Å². The van der Waals surface area contributed by atoms with Crippen LogP contribution in [0.3, 0.4) is 0 Å². The van der Waals surface area contributed by atoms with Crippen LogP contribution in [-0.4, -0.2) is 18.4 Å². The van der Waals surface area contributed by atoms with Gasteiger partial charge in [-0.2, -0.15) is 0 Å². The maximum absolute atomic E-state index is 12.1. The van der Waals surface area contributed by atoms with Crippen LogP contribution in [-0.2, 0) is 17.6 Å². The third kappa shape index (κ3) is 4.85. The summed E-state index contributed by atoms with van der Waals surface area (Å²) in [6.07, 6.45) is 3.78. The quantitative estimate of drug-likeness (QED) is 0.510. The van der Waals surface area contributed by atoms with Crippen molar-refractivity contribution in [1.29, 1.82) is 0 Å². The Morgan fingerprint density at radius 2 is 1.96 bits per heavy atom. The van der Waals surface area contributed by atoms with E-state index in [9.17, 15) is 4.79 Å². The zero-order chi connectivity index (χ0) is 18.5. The average Bonchev–Trinajstić information content (AvgIpc) is 3.05. The molecule has 26 heavy (non-hydrogen) atoms. The Hall–Kier alpha value is -2.34. The molecule has 0 unspecified atom stereocenters. The van der Waals surface area contributed by atoms with Gasteiger partial charge in [0.05, 0.1) is 6.54 Å². The molecule has 2 aromatic rings. The Morgan fingerprint density at radius 1 is 1.15 bits per heavy atom. The fourth-order valence-electron chi connectivity index (χ4n) is 3.09. The SMILES string of the molecule is Cc1cc(Br)ccc1NC(=O)CCN=C(N)Nc1ccc2c(c1)CCC2. The monoisotopic (exact) mass is 414 g/mol. The number of anilines is 2. The van der Waals surface area contributed by atoms with E-state index in [0.29, 0.717) is 12.5 Å². The molecule has 0 saturated heterocycles. The minimum Gasteiger partial charge on any atom is -0.370 e. The van der Waals surface area contributed by atoms with Crippen LogP contribution in [0.15, 0.2) is 45.9 Å². The molecule has 0 aromatic heterocycles. The van der Waals surface area contributed by atoms with Crippen molar-refractivity contribution < 1.29 is 4.79 Å². The summed E-state index contributed by atoms with van der Waals surface area (Å²) in [5.74, 6) is 0.250. The van der Waals surface area contributed by atoms with Crippen molar-refractivity contribution in [2.24, 2.45) is 10.7 Å². The molecule has 1 aliphatic carbocycles. The number of aryl methyl sites for hydroxylation is 3. The second-order valence-electron chi connectivity index (χ2n) is 6.49. The van der Waals surface area contributed by atoms with Crippen molar-refractivity contribution in [2.45, 2.75) is 32.6 Å². The van der Waals surface area contributed by atoms with E-state index in [1.54, 1.807) is 0 Å². The number of fused-ring (bicyclic) bond motifs is 1. The topological polar surface area (TPSA) is 79.5 Å². The second-order valence-corrected chi connectivity index (χ2v) is 7.40. The first-order chi connectivity index (χ1) is 12.5. The number of halogens is 1. The highest BCUT2D eigenvalue weighted by atomic mass is 79.9. The fourth-order valence-corrected chi connectivity index (χ4v) is 3.57. The average molecular weight is 415 g/mol. The Kier molecular flexibility index (Phi) is 5.93. The zero-order valence-corrected chi connectivity index (χ0v) is 16.4. The van der Waals surface area contributed by atoms with E-state index in [1.165, 1.54) is 17.5 Å². The van der Waals surface area contributed by atoms with Gasteiger partial charge in [-0.05, 0) is 73.2 Å². The number of amides is 1. The summed E-state index contributed by atoms with van der Waals surface area (Å²) in [4.78, 5) is 16.3. The van der Waals surface area contributed by atoms with Gasteiger partial charge >= 0.3 is 0 Å². The second kappa shape index (κ2) is 8.36. The number of nitrogens with zero attached hydrogens (tertiary/aromatic N) is 1. The number of carbonyl (C=O) groups excluding carboxylic acids is 1. The first-order valence-corrected chi connectivity index (χ1v) is 9.55. The minimum absolute atomic E-state index is 0.0792. The molecule has 3 rings (SSSR count). The van der Waals surface area contributed by atoms with Crippen LogP contribution in [0.25, 0.3) is 0 Å². The highest BCUT2D eigenvalue weighted by molar-refractivity contribution is 9.10. The molecule has 5 nitrogen and oxygen atoms in total. The molecule has 0 fully saturated rings. The van der Waals surface area contributed by atoms with E-state index >= 15 is 0 Å². The highest BCUT2D eigenvalue weighted by Gasteiger charge is 2.11. The van der Waals surface area contributed by atoms with Crippen molar-refractivity contribution in [3.8, 4) is 0 Å². The molecule has 1 amide bonds. The van der Waals surface area contributed by atoms with Gasteiger partial charge in [0.1, 0.15) is 0 Å². The normalized spacial score (nSPS) is 13.4. The van der Waals surface area contributed by atoms with Crippen LogP contribution >= 0.6 is 15.9 Å². The number of carbonyl (C=O) groups is 1. The molecule has 2 aromatic carbocycles. The van der Waals surface area contributed by atoms with Gasteiger partial charge in [0.25, 0.3) is 0 Å². The Labute approximate surface area is 162 Å². The maximum atomic E-state index is 12.1. The molecule has 0 saturated carbocycles. The zero-order valence-electron chi connectivity index (χ0n) is 14.8. The van der Waals surface area contributed by atoms with E-state index in [0.717, 1.165) is 34.3 Å². The smallest absolute Gasteiger partial charge is 0.226 e. The van der Waals surface area contributed by atoms with Gasteiger partial charge in [-0.25, -0.2) is 0 Å². The molecule has 0 spiro atoms. The molecule has 0 bridgehead atoms. The lowest BCUT2D eigenvalue weighted by molar-refractivity contribution is -0.116. The highest BCUT2D eigenvalue weighted by Crippen LogP contribution is 2.24. The third-order valence-electron chi connectivity index (χ3n) is 4.45. The number of guanidine groups is 1. The standard InChI is InChI=1S/C20H23BrN4O/c1-13-11-16(21)6-8-18(13)25-19(26)9-10-23-20(22)24-17-7-5-14-3-2-4-15(14)12-17/h5-8,11-12H,2-4,9-10H2,1H3,(H,25,26)(H3,22,23,24). The Morgan fingerprint density at radius 3 is 2.77 bits per heavy atom. The summed E-state index contributed by atoms with van der Waals surface area (Å²) in [5, 5.41) is 6.00. The van der Waals surface area contributed by atoms with Crippen LogP contribution in [0.2, 0.25) is 0 Å². The van der Waals surface area contributed by atoms with E-state index < -0.39 is 0 Å². The van der Waals surface area contributed by atoms with Crippen LogP contribution in [0, 0.1) is 6.92 Å². The molecule has 0 heterocycles. The largest absolute Gasteiger partial charge is 0.370 e. The van der Waals surface area contributed by atoms with Gasteiger partial charge in [-0.1, -0.05) is 22.0 Å². The molecule has 136 valence electrons. The molecule has 1 aliphatic rings. The predicted octanol–water partition coefficient (Wildman–Crippen LogP) is 4.00. The van der Waals surface area contributed by atoms with Gasteiger partial charge in [-0.15, -0.1) is 0 Å². The van der Waals surface area contributed by atoms with Crippen LogP contribution in [0.5, 0.6) is 0 Å². The predicted molar refractivity (Wildman–Crippen MR) is 111 cm³/mol. The lowest BCUT2D eigenvalue weighted by atomic mass is 10.1. The van der Waals surface area contributed by atoms with Crippen molar-refractivity contribution in [2.75, 3.05) is 17.2 Å². The van der Waals surface area contributed by atoms with Crippen LogP contribution in [0.1, 0.15) is 29.5 Å². The lowest BCUT2D eigenvalue weighted by Gasteiger charge is -2.09. The number of rotatable bonds is 5. The van der Waals surface area contributed by atoms with Crippen molar-refractivity contribution in [1.82, 2.24) is 0 Å². The molecule has 4 N–H and O–H groups in total. The molecule has 0 atom stereocenters. The first-order valence-electron chi connectivity index (χ1n) is 8.76. The number of hydrogen-bond donors (Lipinski definition) is 3. The van der Waals surface area contributed by atoms with E-state index in [2.05, 4.69) is 43.7 Å². The first kappa shape index (κ1) is 18.5. The number of nitrogens with two attached hydrogens (primary N) is 1. The van der Waals surface area contributed by atoms with Crippen molar-refractivity contribution in [3.63, 3.8) is 0 Å². The molecular formula is C20H23BrN4O. The fraction of sp³-hybridized carbons (Fsp3) is 0.300. The number of benzene rings is 2. The third-order valence-corrected chi connectivity index (χ3v) is 4.95. The van der Waals surface area contributed by atoms with Crippen molar-refractivity contribution >= 4 is 39.2 Å². The van der Waals surface area contributed by atoms with E-state index in [4.69, 9.17) is 5.73 Å². The lowest BCUT2D eigenvalue weighted by Crippen LogP contribution is -2.23. The van der Waals surface area contributed by atoms with Crippen LogP contribution in [0.4, 0.5) is 11.4 Å². The Balaban J connectivity index is 1.49. The summed E-state index contributed by atoms with van der Waals surface area (Å²) in [6.45, 7) is 2.29. The van der Waals surface area contributed by atoms with Crippen LogP contribution < -0.4 is 16.4 Å². The summed E-state index contributed by atoms with van der Waals surface area (Å²) in [5.41, 5.74) is 11.5. The maximum Gasteiger partial charge on any atom is 0.226 e. The molecule has 6 heteroatoms. The Bertz CT molecular complexity index is 848. The van der Waals surface area contributed by atoms with Gasteiger partial charge in [0, 0.05) is 22.3 Å². The summed E-state index contributed by atoms with van der Waals surface area (Å²) < 4.78 is 0.989. The molecule has 0 aliphatic heterocycles. The van der Waals surface area contributed by atoms with Crippen molar-refractivity contribution in [3.05, 3.63) is 57.6 Å². The minimum atomic E-state index is -0.0792. The number of nitrogens with one attached hydrogen (secondary N) is 2. The molecule has 0 radical (unpaired) electrons. The molecular weight excluding hydrogens is 392 g/mol. The summed E-state index contributed by atoms with van der Waals surface area (Å²) in [6, 6.07) is 12.0. The summed E-state index contributed by atoms with van der Waals surface area (Å²) >= 11 is 3.41. The number of hydrogen-bond acceptors (Lipinski definition) is 2.